The second-order valence-corrected chi connectivity index (χ2v) is 8.85. The van der Waals surface area contributed by atoms with E-state index < -0.39 is 24.0 Å². The predicted molar refractivity (Wildman–Crippen MR) is 111 cm³/mol. The molecule has 2 aromatic rings. The van der Waals surface area contributed by atoms with E-state index in [1.807, 2.05) is 60.7 Å². The first kappa shape index (κ1) is 19.5. The minimum absolute atomic E-state index is 0.0172. The number of hydrogen-bond donors (Lipinski definition) is 1. The number of alkyl halides is 1. The number of ketones is 1. The highest BCUT2D eigenvalue weighted by molar-refractivity contribution is 8.00. The number of benzene rings is 2. The number of Topliss-reactive ketones (excluding diaryl/α,β-unsaturated/α-hetero) is 1. The molecule has 5 unspecified atom stereocenters. The Morgan fingerprint density at radius 3 is 2.21 bits per heavy atom. The van der Waals surface area contributed by atoms with E-state index in [-0.39, 0.29) is 22.9 Å². The van der Waals surface area contributed by atoms with Gasteiger partial charge in [0.25, 0.3) is 0 Å². The Morgan fingerprint density at radius 2 is 1.68 bits per heavy atom. The fraction of sp³-hybridized carbons (Fsp3) is 0.364. The standard InChI is InChI=1S/C22H22ClNO3S/c23-11-15-12-28-21-17(19(25)18(21)24)16(15)22(26)27-20(13-7-3-1-4-8-13)14-9-5-2-6-10-14/h1-10,15-18,20-21H,11-12,24H2. The number of nitrogens with two attached hydrogens (primary N) is 1. The third-order valence-electron chi connectivity index (χ3n) is 5.67. The minimum Gasteiger partial charge on any atom is -0.452 e. The number of halogens is 1. The molecular formula is C22H22ClNO3S. The van der Waals surface area contributed by atoms with Gasteiger partial charge in [0.2, 0.25) is 0 Å². The first-order valence-electron chi connectivity index (χ1n) is 9.39. The molecule has 2 fully saturated rings. The first-order valence-corrected chi connectivity index (χ1v) is 11.0. The van der Waals surface area contributed by atoms with Crippen LogP contribution in [-0.2, 0) is 14.3 Å². The van der Waals surface area contributed by atoms with Crippen molar-refractivity contribution in [2.75, 3.05) is 11.6 Å². The molecule has 0 radical (unpaired) electrons. The van der Waals surface area contributed by atoms with Crippen LogP contribution >= 0.6 is 23.4 Å². The third-order valence-corrected chi connectivity index (χ3v) is 7.66. The highest BCUT2D eigenvalue weighted by atomic mass is 35.5. The highest BCUT2D eigenvalue weighted by Crippen LogP contribution is 2.48. The molecule has 1 saturated carbocycles. The molecule has 2 aromatic carbocycles. The average Bonchev–Trinajstić information content (AvgIpc) is 2.76. The zero-order valence-corrected chi connectivity index (χ0v) is 16.8. The zero-order valence-electron chi connectivity index (χ0n) is 15.2. The molecule has 0 bridgehead atoms. The SMILES string of the molecule is NC1C(=O)C2C1SCC(CCl)C2C(=O)OC(c1ccccc1)c1ccccc1. The lowest BCUT2D eigenvalue weighted by Gasteiger charge is -2.49. The molecule has 2 aliphatic rings. The van der Waals surface area contributed by atoms with Crippen molar-refractivity contribution in [1.82, 2.24) is 0 Å². The Hall–Kier alpha value is -1.82. The molecule has 1 aliphatic heterocycles. The lowest BCUT2D eigenvalue weighted by molar-refractivity contribution is -0.161. The van der Waals surface area contributed by atoms with Gasteiger partial charge in [-0.1, -0.05) is 60.7 Å². The van der Waals surface area contributed by atoms with E-state index >= 15 is 0 Å². The van der Waals surface area contributed by atoms with Crippen molar-refractivity contribution >= 4 is 35.1 Å². The van der Waals surface area contributed by atoms with Crippen molar-refractivity contribution in [3.63, 3.8) is 0 Å². The number of fused-ring (bicyclic) bond motifs is 1. The summed E-state index contributed by atoms with van der Waals surface area (Å²) in [5.41, 5.74) is 7.74. The van der Waals surface area contributed by atoms with Crippen LogP contribution in [0.4, 0.5) is 0 Å². The molecule has 4 nitrogen and oxygen atoms in total. The lowest BCUT2D eigenvalue weighted by atomic mass is 9.67. The van der Waals surface area contributed by atoms with Gasteiger partial charge in [0, 0.05) is 17.0 Å². The van der Waals surface area contributed by atoms with Crippen LogP contribution in [-0.4, -0.2) is 34.7 Å². The summed E-state index contributed by atoms with van der Waals surface area (Å²) in [4.78, 5) is 25.7. The van der Waals surface area contributed by atoms with Gasteiger partial charge in [-0.15, -0.1) is 11.6 Å². The number of carbonyl (C=O) groups excluding carboxylic acids is 2. The van der Waals surface area contributed by atoms with Crippen molar-refractivity contribution in [3.05, 3.63) is 71.8 Å². The molecule has 1 aliphatic carbocycles. The number of ether oxygens (including phenoxy) is 1. The Morgan fingerprint density at radius 1 is 1.11 bits per heavy atom. The molecule has 5 atom stereocenters. The number of thioether (sulfide) groups is 1. The maximum Gasteiger partial charge on any atom is 0.311 e. The second-order valence-electron chi connectivity index (χ2n) is 7.33. The van der Waals surface area contributed by atoms with E-state index in [9.17, 15) is 9.59 Å². The topological polar surface area (TPSA) is 69.4 Å². The van der Waals surface area contributed by atoms with E-state index in [4.69, 9.17) is 22.1 Å². The number of esters is 1. The number of carbonyl (C=O) groups is 2. The van der Waals surface area contributed by atoms with E-state index in [0.717, 1.165) is 11.1 Å². The van der Waals surface area contributed by atoms with Gasteiger partial charge in [-0.2, -0.15) is 11.8 Å². The van der Waals surface area contributed by atoms with Crippen LogP contribution < -0.4 is 5.73 Å². The maximum absolute atomic E-state index is 13.3. The van der Waals surface area contributed by atoms with Crippen LogP contribution in [0, 0.1) is 17.8 Å². The number of hydrogen-bond acceptors (Lipinski definition) is 5. The summed E-state index contributed by atoms with van der Waals surface area (Å²) in [7, 11) is 0. The van der Waals surface area contributed by atoms with Crippen LogP contribution in [0.25, 0.3) is 0 Å². The molecule has 146 valence electrons. The monoisotopic (exact) mass is 415 g/mol. The summed E-state index contributed by atoms with van der Waals surface area (Å²) in [5, 5.41) is -0.0172. The van der Waals surface area contributed by atoms with Crippen molar-refractivity contribution in [2.24, 2.45) is 23.5 Å². The van der Waals surface area contributed by atoms with Crippen molar-refractivity contribution in [1.29, 1.82) is 0 Å². The first-order chi connectivity index (χ1) is 13.6. The highest BCUT2D eigenvalue weighted by Gasteiger charge is 2.58. The third kappa shape index (κ3) is 3.47. The smallest absolute Gasteiger partial charge is 0.311 e. The molecular weight excluding hydrogens is 394 g/mol. The van der Waals surface area contributed by atoms with E-state index in [2.05, 4.69) is 0 Å². The van der Waals surface area contributed by atoms with Gasteiger partial charge in [0.1, 0.15) is 0 Å². The average molecular weight is 416 g/mol. The van der Waals surface area contributed by atoms with Crippen molar-refractivity contribution < 1.29 is 14.3 Å². The maximum atomic E-state index is 13.3. The van der Waals surface area contributed by atoms with Gasteiger partial charge in [0.15, 0.2) is 11.9 Å². The Kier molecular flexibility index (Phi) is 5.76. The van der Waals surface area contributed by atoms with Gasteiger partial charge in [-0.25, -0.2) is 0 Å². The molecule has 0 amide bonds. The molecule has 28 heavy (non-hydrogen) atoms. The van der Waals surface area contributed by atoms with Crippen LogP contribution in [0.3, 0.4) is 0 Å². The summed E-state index contributed by atoms with van der Waals surface area (Å²) >= 11 is 7.80. The normalized spacial score (nSPS) is 29.1. The van der Waals surface area contributed by atoms with Crippen LogP contribution in [0.2, 0.25) is 0 Å². The molecule has 4 rings (SSSR count). The fourth-order valence-corrected chi connectivity index (χ4v) is 6.21. The van der Waals surface area contributed by atoms with Gasteiger partial charge in [-0.3, -0.25) is 9.59 Å². The zero-order chi connectivity index (χ0) is 19.7. The van der Waals surface area contributed by atoms with Gasteiger partial charge in [-0.05, 0) is 22.8 Å². The molecule has 0 aromatic heterocycles. The van der Waals surface area contributed by atoms with Crippen molar-refractivity contribution in [2.45, 2.75) is 17.4 Å². The van der Waals surface area contributed by atoms with Crippen LogP contribution in [0.15, 0.2) is 60.7 Å². The largest absolute Gasteiger partial charge is 0.452 e. The molecule has 0 spiro atoms. The molecule has 1 saturated heterocycles. The van der Waals surface area contributed by atoms with Gasteiger partial charge in [0.05, 0.1) is 12.0 Å². The van der Waals surface area contributed by atoms with Crippen LogP contribution in [0.1, 0.15) is 17.2 Å². The Balaban J connectivity index is 1.62. The van der Waals surface area contributed by atoms with Gasteiger partial charge >= 0.3 is 5.97 Å². The quantitative estimate of drug-likeness (QED) is 0.598. The van der Waals surface area contributed by atoms with E-state index in [1.54, 1.807) is 11.8 Å². The molecule has 1 heterocycles. The second kappa shape index (κ2) is 8.27. The van der Waals surface area contributed by atoms with Crippen LogP contribution in [0.5, 0.6) is 0 Å². The summed E-state index contributed by atoms with van der Waals surface area (Å²) < 4.78 is 6.03. The number of rotatable bonds is 5. The summed E-state index contributed by atoms with van der Waals surface area (Å²) in [6, 6.07) is 18.8. The van der Waals surface area contributed by atoms with Gasteiger partial charge < -0.3 is 10.5 Å². The summed E-state index contributed by atoms with van der Waals surface area (Å²) in [6.45, 7) is 0. The minimum atomic E-state index is -0.536. The molecule has 6 heteroatoms. The molecule has 2 N–H and O–H groups in total. The summed E-state index contributed by atoms with van der Waals surface area (Å²) in [6.07, 6.45) is -0.525. The van der Waals surface area contributed by atoms with Crippen molar-refractivity contribution in [3.8, 4) is 0 Å². The Bertz CT molecular complexity index is 808. The predicted octanol–water partition coefficient (Wildman–Crippen LogP) is 3.43. The Labute approximate surface area is 173 Å². The lowest BCUT2D eigenvalue weighted by Crippen LogP contribution is -2.66. The summed E-state index contributed by atoms with van der Waals surface area (Å²) in [5.74, 6) is -0.400. The fourth-order valence-electron chi connectivity index (χ4n) is 4.13. The van der Waals surface area contributed by atoms with E-state index in [0.29, 0.717) is 11.6 Å². The van der Waals surface area contributed by atoms with E-state index in [1.165, 1.54) is 0 Å².